The Kier molecular flexibility index (Phi) is 5.14. The van der Waals surface area contributed by atoms with Gasteiger partial charge in [-0.3, -0.25) is 0 Å². The number of anilines is 2. The molecule has 1 saturated heterocycles. The van der Waals surface area contributed by atoms with Gasteiger partial charge in [0, 0.05) is 54.5 Å². The summed E-state index contributed by atoms with van der Waals surface area (Å²) in [6.45, 7) is 5.09. The number of aryl methyl sites for hydroxylation is 1. The van der Waals surface area contributed by atoms with E-state index < -0.39 is 11.7 Å². The van der Waals surface area contributed by atoms with Gasteiger partial charge < -0.3 is 15.5 Å². The maximum atomic E-state index is 13.4. The van der Waals surface area contributed by atoms with Gasteiger partial charge in [0.1, 0.15) is 0 Å². The molecular weight excluding hydrogens is 407 g/mol. The maximum Gasteiger partial charge on any atom is 0.416 e. The summed E-state index contributed by atoms with van der Waals surface area (Å²) in [6, 6.07) is 9.23. The largest absolute Gasteiger partial charge is 0.416 e. The van der Waals surface area contributed by atoms with Crippen LogP contribution in [0.5, 0.6) is 0 Å². The van der Waals surface area contributed by atoms with Crippen molar-refractivity contribution in [3.8, 4) is 0 Å². The molecule has 1 fully saturated rings. The Hall–Kier alpha value is -1.86. The lowest BCUT2D eigenvalue weighted by Gasteiger charge is -2.33. The SMILES string of the molecule is Cc1ccc(C(F)(F)F)c(CNc2cc3c4c(c2)[C@@H]2CNCC[C@@H]2N4CCSC3)c1. The Morgan fingerprint density at radius 3 is 2.93 bits per heavy atom. The van der Waals surface area contributed by atoms with Crippen LogP contribution in [-0.2, 0) is 18.5 Å². The van der Waals surface area contributed by atoms with E-state index in [0.29, 0.717) is 17.5 Å². The van der Waals surface area contributed by atoms with Crippen LogP contribution in [0.3, 0.4) is 0 Å². The van der Waals surface area contributed by atoms with Crippen molar-refractivity contribution in [3.63, 3.8) is 0 Å². The molecule has 160 valence electrons. The molecule has 30 heavy (non-hydrogen) atoms. The predicted octanol–water partition coefficient (Wildman–Crippen LogP) is 5.14. The second kappa shape index (κ2) is 7.68. The normalized spacial score (nSPS) is 23.0. The zero-order valence-corrected chi connectivity index (χ0v) is 17.8. The van der Waals surface area contributed by atoms with Crippen LogP contribution in [0.2, 0.25) is 0 Å². The molecule has 3 aliphatic heterocycles. The van der Waals surface area contributed by atoms with E-state index in [9.17, 15) is 13.2 Å². The standard InChI is InChI=1S/C23H26F3N3S/c1-14-2-3-20(23(24,25)26)15(8-14)11-28-17-9-16-13-30-7-6-29-21-4-5-27-12-19(21)18(10-17)22(16)29/h2-3,8-10,19,21,27-28H,4-7,11-13H2,1H3/t19-,21-/m0/s1. The lowest BCUT2D eigenvalue weighted by atomic mass is 9.89. The monoisotopic (exact) mass is 433 g/mol. The molecule has 3 aliphatic rings. The number of nitrogens with zero attached hydrogens (tertiary/aromatic N) is 1. The highest BCUT2D eigenvalue weighted by molar-refractivity contribution is 7.98. The van der Waals surface area contributed by atoms with Crippen molar-refractivity contribution in [2.75, 3.05) is 35.6 Å². The molecule has 0 radical (unpaired) electrons. The molecule has 3 heterocycles. The molecule has 2 N–H and O–H groups in total. The summed E-state index contributed by atoms with van der Waals surface area (Å²) >= 11 is 1.94. The molecule has 0 unspecified atom stereocenters. The Bertz CT molecular complexity index is 959. The second-order valence-electron chi connectivity index (χ2n) is 8.50. The summed E-state index contributed by atoms with van der Waals surface area (Å²) in [4.78, 5) is 2.60. The molecule has 2 atom stereocenters. The first-order chi connectivity index (χ1) is 14.4. The van der Waals surface area contributed by atoms with Gasteiger partial charge in [0.05, 0.1) is 5.56 Å². The fourth-order valence-corrected chi connectivity index (χ4v) is 6.14. The molecule has 0 aromatic heterocycles. The number of hydrogen-bond acceptors (Lipinski definition) is 4. The Labute approximate surface area is 179 Å². The zero-order chi connectivity index (χ0) is 20.9. The third kappa shape index (κ3) is 3.56. The van der Waals surface area contributed by atoms with E-state index in [1.165, 1.54) is 28.9 Å². The molecular formula is C23H26F3N3S. The molecule has 0 bridgehead atoms. The third-order valence-corrected chi connectivity index (χ3v) is 7.52. The summed E-state index contributed by atoms with van der Waals surface area (Å²) in [5, 5.41) is 6.84. The molecule has 0 saturated carbocycles. The predicted molar refractivity (Wildman–Crippen MR) is 117 cm³/mol. The average molecular weight is 434 g/mol. The number of nitrogens with one attached hydrogen (secondary N) is 2. The Morgan fingerprint density at radius 2 is 2.10 bits per heavy atom. The van der Waals surface area contributed by atoms with Gasteiger partial charge in [0.15, 0.2) is 0 Å². The van der Waals surface area contributed by atoms with Crippen LogP contribution in [0, 0.1) is 6.92 Å². The van der Waals surface area contributed by atoms with Gasteiger partial charge in [-0.1, -0.05) is 17.7 Å². The molecule has 3 nitrogen and oxygen atoms in total. The van der Waals surface area contributed by atoms with Gasteiger partial charge in [-0.15, -0.1) is 0 Å². The van der Waals surface area contributed by atoms with Crippen molar-refractivity contribution >= 4 is 23.1 Å². The topological polar surface area (TPSA) is 27.3 Å². The molecule has 5 rings (SSSR count). The van der Waals surface area contributed by atoms with Crippen molar-refractivity contribution in [2.24, 2.45) is 0 Å². The minimum absolute atomic E-state index is 0.165. The van der Waals surface area contributed by atoms with Crippen LogP contribution in [0.25, 0.3) is 0 Å². The molecule has 0 spiro atoms. The highest BCUT2D eigenvalue weighted by Crippen LogP contribution is 2.48. The third-order valence-electron chi connectivity index (χ3n) is 6.53. The number of piperidine rings is 1. The minimum Gasteiger partial charge on any atom is -0.381 e. The van der Waals surface area contributed by atoms with E-state index in [1.807, 2.05) is 18.7 Å². The maximum absolute atomic E-state index is 13.4. The van der Waals surface area contributed by atoms with Crippen molar-refractivity contribution in [2.45, 2.75) is 43.8 Å². The first-order valence-electron chi connectivity index (χ1n) is 10.5. The Balaban J connectivity index is 1.47. The van der Waals surface area contributed by atoms with Gasteiger partial charge in [0.25, 0.3) is 0 Å². The van der Waals surface area contributed by atoms with Gasteiger partial charge in [-0.2, -0.15) is 24.9 Å². The fourth-order valence-electron chi connectivity index (χ4n) is 5.23. The number of halogens is 3. The van der Waals surface area contributed by atoms with Crippen LogP contribution in [0.1, 0.15) is 40.2 Å². The van der Waals surface area contributed by atoms with Crippen molar-refractivity contribution in [3.05, 3.63) is 58.1 Å². The number of rotatable bonds is 3. The van der Waals surface area contributed by atoms with Crippen LogP contribution < -0.4 is 15.5 Å². The molecule has 2 aromatic carbocycles. The van der Waals surface area contributed by atoms with E-state index >= 15 is 0 Å². The number of thioether (sulfide) groups is 1. The minimum atomic E-state index is -4.34. The number of alkyl halides is 3. The Morgan fingerprint density at radius 1 is 1.23 bits per heavy atom. The van der Waals surface area contributed by atoms with Gasteiger partial charge in [0.2, 0.25) is 0 Å². The van der Waals surface area contributed by atoms with Crippen molar-refractivity contribution in [1.82, 2.24) is 5.32 Å². The number of hydrogen-bond donors (Lipinski definition) is 2. The van der Waals surface area contributed by atoms with Gasteiger partial charge in [-0.25, -0.2) is 0 Å². The van der Waals surface area contributed by atoms with Crippen LogP contribution in [-0.4, -0.2) is 31.4 Å². The summed E-state index contributed by atoms with van der Waals surface area (Å²) in [7, 11) is 0. The molecule has 2 aromatic rings. The quantitative estimate of drug-likeness (QED) is 0.701. The van der Waals surface area contributed by atoms with Crippen LogP contribution in [0.15, 0.2) is 30.3 Å². The van der Waals surface area contributed by atoms with Crippen LogP contribution >= 0.6 is 11.8 Å². The highest BCUT2D eigenvalue weighted by atomic mass is 32.2. The van der Waals surface area contributed by atoms with E-state index in [0.717, 1.165) is 48.8 Å². The van der Waals surface area contributed by atoms with Gasteiger partial charge >= 0.3 is 6.18 Å². The van der Waals surface area contributed by atoms with Crippen molar-refractivity contribution < 1.29 is 13.2 Å². The number of fused-ring (bicyclic) bond motifs is 3. The fraction of sp³-hybridized carbons (Fsp3) is 0.478. The summed E-state index contributed by atoms with van der Waals surface area (Å²) in [5.74, 6) is 2.53. The summed E-state index contributed by atoms with van der Waals surface area (Å²) in [6.07, 6.45) is -3.20. The van der Waals surface area contributed by atoms with E-state index in [2.05, 4.69) is 27.7 Å². The van der Waals surface area contributed by atoms with Gasteiger partial charge in [-0.05, 0) is 54.8 Å². The van der Waals surface area contributed by atoms with Crippen LogP contribution in [0.4, 0.5) is 24.5 Å². The first kappa shape index (κ1) is 20.1. The smallest absolute Gasteiger partial charge is 0.381 e. The first-order valence-corrected chi connectivity index (χ1v) is 11.7. The van der Waals surface area contributed by atoms with E-state index in [1.54, 1.807) is 6.07 Å². The van der Waals surface area contributed by atoms with Crippen molar-refractivity contribution in [1.29, 1.82) is 0 Å². The lowest BCUT2D eigenvalue weighted by molar-refractivity contribution is -0.138. The summed E-state index contributed by atoms with van der Waals surface area (Å²) < 4.78 is 40.3. The number of benzene rings is 2. The van der Waals surface area contributed by atoms with E-state index in [4.69, 9.17) is 0 Å². The highest BCUT2D eigenvalue weighted by Gasteiger charge is 2.41. The molecule has 0 amide bonds. The summed E-state index contributed by atoms with van der Waals surface area (Å²) in [5.41, 5.74) is 5.55. The second-order valence-corrected chi connectivity index (χ2v) is 9.60. The molecule has 7 heteroatoms. The lowest BCUT2D eigenvalue weighted by Crippen LogP contribution is -2.44. The average Bonchev–Trinajstić information content (AvgIpc) is 2.87. The zero-order valence-electron chi connectivity index (χ0n) is 17.0. The molecule has 0 aliphatic carbocycles. The van der Waals surface area contributed by atoms with E-state index in [-0.39, 0.29) is 6.54 Å².